The number of carboxylic acids is 1. The zero-order valence-corrected chi connectivity index (χ0v) is 10.2. The molecular formula is C12H20N2O3. The zero-order chi connectivity index (χ0) is 12.5. The van der Waals surface area contributed by atoms with Gasteiger partial charge in [0.15, 0.2) is 0 Å². The normalized spacial score (nSPS) is 29.7. The predicted octanol–water partition coefficient (Wildman–Crippen LogP) is 1.34. The van der Waals surface area contributed by atoms with Gasteiger partial charge >= 0.3 is 12.0 Å². The molecule has 96 valence electrons. The minimum absolute atomic E-state index is 0.343. The Labute approximate surface area is 101 Å². The fourth-order valence-corrected chi connectivity index (χ4v) is 2.53. The number of carbonyl (C=O) groups excluding carboxylic acids is 1. The molecule has 5 heteroatoms. The van der Waals surface area contributed by atoms with Gasteiger partial charge < -0.3 is 15.7 Å². The van der Waals surface area contributed by atoms with Crippen LogP contribution in [0.15, 0.2) is 0 Å². The van der Waals surface area contributed by atoms with Crippen molar-refractivity contribution in [3.8, 4) is 0 Å². The van der Waals surface area contributed by atoms with Gasteiger partial charge in [-0.1, -0.05) is 13.3 Å². The van der Waals surface area contributed by atoms with E-state index < -0.39 is 11.5 Å². The fourth-order valence-electron chi connectivity index (χ4n) is 2.53. The number of rotatable bonds is 4. The van der Waals surface area contributed by atoms with Gasteiger partial charge in [-0.05, 0) is 37.5 Å². The Morgan fingerprint density at radius 1 is 1.35 bits per heavy atom. The first kappa shape index (κ1) is 12.2. The molecule has 2 unspecified atom stereocenters. The molecule has 2 atom stereocenters. The van der Waals surface area contributed by atoms with Gasteiger partial charge in [0, 0.05) is 6.54 Å². The van der Waals surface area contributed by atoms with E-state index in [4.69, 9.17) is 5.11 Å². The van der Waals surface area contributed by atoms with Crippen LogP contribution in [0, 0.1) is 11.8 Å². The van der Waals surface area contributed by atoms with E-state index in [9.17, 15) is 9.59 Å². The minimum atomic E-state index is -0.979. The van der Waals surface area contributed by atoms with Crippen LogP contribution in [0.4, 0.5) is 4.79 Å². The summed E-state index contributed by atoms with van der Waals surface area (Å²) in [5.74, 6) is 0.372. The quantitative estimate of drug-likeness (QED) is 0.694. The van der Waals surface area contributed by atoms with Gasteiger partial charge in [-0.15, -0.1) is 0 Å². The number of carbonyl (C=O) groups is 2. The largest absolute Gasteiger partial charge is 0.480 e. The van der Waals surface area contributed by atoms with Gasteiger partial charge in [-0.2, -0.15) is 0 Å². The van der Waals surface area contributed by atoms with Crippen molar-refractivity contribution in [3.05, 3.63) is 0 Å². The summed E-state index contributed by atoms with van der Waals surface area (Å²) in [6.45, 7) is 2.88. The fraction of sp³-hybridized carbons (Fsp3) is 0.833. The zero-order valence-electron chi connectivity index (χ0n) is 10.2. The molecule has 0 heterocycles. The van der Waals surface area contributed by atoms with E-state index in [1.165, 1.54) is 6.42 Å². The van der Waals surface area contributed by atoms with E-state index in [0.29, 0.717) is 25.3 Å². The van der Waals surface area contributed by atoms with Crippen molar-refractivity contribution in [2.75, 3.05) is 6.54 Å². The van der Waals surface area contributed by atoms with E-state index in [2.05, 4.69) is 17.6 Å². The molecule has 0 bridgehead atoms. The van der Waals surface area contributed by atoms with Crippen molar-refractivity contribution >= 4 is 12.0 Å². The summed E-state index contributed by atoms with van der Waals surface area (Å²) < 4.78 is 0. The third-order valence-electron chi connectivity index (χ3n) is 3.87. The number of urea groups is 1. The standard InChI is InChI=1S/C12H20N2O3/c1-8-2-3-9(6-8)7-13-11(17)14-12(4-5-12)10(15)16/h8-9H,2-7H2,1H3,(H,15,16)(H2,13,14,17). The number of amides is 2. The molecule has 17 heavy (non-hydrogen) atoms. The predicted molar refractivity (Wildman–Crippen MR) is 62.6 cm³/mol. The van der Waals surface area contributed by atoms with Gasteiger partial charge in [0.1, 0.15) is 5.54 Å². The molecular weight excluding hydrogens is 220 g/mol. The topological polar surface area (TPSA) is 78.4 Å². The summed E-state index contributed by atoms with van der Waals surface area (Å²) in [4.78, 5) is 22.4. The number of carboxylic acid groups (broad SMARTS) is 1. The lowest BCUT2D eigenvalue weighted by Gasteiger charge is -2.15. The maximum Gasteiger partial charge on any atom is 0.329 e. The second-order valence-electron chi connectivity index (χ2n) is 5.51. The molecule has 0 spiro atoms. The lowest BCUT2D eigenvalue weighted by molar-refractivity contribution is -0.140. The Kier molecular flexibility index (Phi) is 3.26. The van der Waals surface area contributed by atoms with Gasteiger partial charge in [0.2, 0.25) is 0 Å². The Morgan fingerprint density at radius 2 is 2.06 bits per heavy atom. The highest BCUT2D eigenvalue weighted by molar-refractivity contribution is 5.88. The number of aliphatic carboxylic acids is 1. The first-order valence-electron chi connectivity index (χ1n) is 6.31. The van der Waals surface area contributed by atoms with Crippen molar-refractivity contribution < 1.29 is 14.7 Å². The molecule has 2 aliphatic carbocycles. The van der Waals surface area contributed by atoms with E-state index >= 15 is 0 Å². The highest BCUT2D eigenvalue weighted by Gasteiger charge is 2.51. The Bertz CT molecular complexity index is 326. The van der Waals surface area contributed by atoms with E-state index in [0.717, 1.165) is 18.8 Å². The molecule has 2 rings (SSSR count). The number of hydrogen-bond acceptors (Lipinski definition) is 2. The lowest BCUT2D eigenvalue weighted by atomic mass is 10.1. The van der Waals surface area contributed by atoms with Gasteiger partial charge in [0.25, 0.3) is 0 Å². The molecule has 2 fully saturated rings. The highest BCUT2D eigenvalue weighted by Crippen LogP contribution is 2.35. The third-order valence-corrected chi connectivity index (χ3v) is 3.87. The van der Waals surface area contributed by atoms with Crippen molar-refractivity contribution in [1.82, 2.24) is 10.6 Å². The van der Waals surface area contributed by atoms with Crippen LogP contribution in [0.1, 0.15) is 39.0 Å². The molecule has 0 aromatic carbocycles. The summed E-state index contributed by atoms with van der Waals surface area (Å²) in [7, 11) is 0. The van der Waals surface area contributed by atoms with Crippen molar-refractivity contribution in [3.63, 3.8) is 0 Å². The van der Waals surface area contributed by atoms with E-state index in [1.807, 2.05) is 0 Å². The second kappa shape index (κ2) is 4.55. The molecule has 2 saturated carbocycles. The molecule has 0 aromatic heterocycles. The van der Waals surface area contributed by atoms with Gasteiger partial charge in [0.05, 0.1) is 0 Å². The van der Waals surface area contributed by atoms with Crippen LogP contribution in [0.5, 0.6) is 0 Å². The summed E-state index contributed by atoms with van der Waals surface area (Å²) in [6, 6.07) is -0.343. The molecule has 2 amide bonds. The Hall–Kier alpha value is -1.26. The summed E-state index contributed by atoms with van der Waals surface area (Å²) in [5, 5.41) is 14.3. The molecule has 3 N–H and O–H groups in total. The maximum absolute atomic E-state index is 11.6. The molecule has 0 aliphatic heterocycles. The van der Waals surface area contributed by atoms with Crippen molar-refractivity contribution in [2.24, 2.45) is 11.8 Å². The lowest BCUT2D eigenvalue weighted by Crippen LogP contribution is -2.48. The average Bonchev–Trinajstić information content (AvgIpc) is 2.92. The van der Waals surface area contributed by atoms with Crippen LogP contribution in [-0.4, -0.2) is 29.2 Å². The Morgan fingerprint density at radius 3 is 2.53 bits per heavy atom. The SMILES string of the molecule is CC1CCC(CNC(=O)NC2(C(=O)O)CC2)C1. The minimum Gasteiger partial charge on any atom is -0.480 e. The summed E-state index contributed by atoms with van der Waals surface area (Å²) >= 11 is 0. The van der Waals surface area contributed by atoms with Crippen molar-refractivity contribution in [2.45, 2.75) is 44.6 Å². The number of hydrogen-bond donors (Lipinski definition) is 3. The van der Waals surface area contributed by atoms with Crippen LogP contribution in [0.25, 0.3) is 0 Å². The summed E-state index contributed by atoms with van der Waals surface area (Å²) in [6.07, 6.45) is 4.62. The van der Waals surface area contributed by atoms with Crippen LogP contribution in [0.3, 0.4) is 0 Å². The molecule has 0 aromatic rings. The first-order chi connectivity index (χ1) is 8.02. The van der Waals surface area contributed by atoms with Gasteiger partial charge in [-0.25, -0.2) is 9.59 Å². The monoisotopic (exact) mass is 240 g/mol. The Balaban J connectivity index is 1.70. The molecule has 2 aliphatic rings. The van der Waals surface area contributed by atoms with Crippen LogP contribution < -0.4 is 10.6 Å². The number of nitrogens with one attached hydrogen (secondary N) is 2. The van der Waals surface area contributed by atoms with E-state index in [1.54, 1.807) is 0 Å². The maximum atomic E-state index is 11.6. The van der Waals surface area contributed by atoms with E-state index in [-0.39, 0.29) is 6.03 Å². The first-order valence-corrected chi connectivity index (χ1v) is 6.31. The van der Waals surface area contributed by atoms with Crippen molar-refractivity contribution in [1.29, 1.82) is 0 Å². The smallest absolute Gasteiger partial charge is 0.329 e. The third kappa shape index (κ3) is 2.90. The van der Waals surface area contributed by atoms with Gasteiger partial charge in [-0.3, -0.25) is 0 Å². The highest BCUT2D eigenvalue weighted by atomic mass is 16.4. The average molecular weight is 240 g/mol. The summed E-state index contributed by atoms with van der Waals surface area (Å²) in [5.41, 5.74) is -0.979. The van der Waals surface area contributed by atoms with Crippen LogP contribution in [0.2, 0.25) is 0 Å². The van der Waals surface area contributed by atoms with Crippen LogP contribution >= 0.6 is 0 Å². The second-order valence-corrected chi connectivity index (χ2v) is 5.51. The molecule has 0 saturated heterocycles. The molecule has 0 radical (unpaired) electrons. The van der Waals surface area contributed by atoms with Crippen LogP contribution in [-0.2, 0) is 4.79 Å². The molecule has 5 nitrogen and oxygen atoms in total.